The average Bonchev–Trinajstić information content (AvgIpc) is 2.29. The molecule has 0 aromatic heterocycles. The van der Waals surface area contributed by atoms with E-state index in [-0.39, 0.29) is 0 Å². The third-order valence-electron chi connectivity index (χ3n) is 2.31. The summed E-state index contributed by atoms with van der Waals surface area (Å²) in [5.74, 6) is 0.572. The zero-order valence-electron chi connectivity index (χ0n) is 9.37. The van der Waals surface area contributed by atoms with E-state index in [4.69, 9.17) is 16.3 Å². The number of likely N-dealkylation sites (N-methyl/N-ethyl adjacent to an activating group) is 1. The van der Waals surface area contributed by atoms with Gasteiger partial charge in [0.1, 0.15) is 0 Å². The highest BCUT2D eigenvalue weighted by atomic mass is 35.5. The Balaban J connectivity index is 2.46. The second-order valence-electron chi connectivity index (χ2n) is 3.42. The first-order chi connectivity index (χ1) is 7.27. The van der Waals surface area contributed by atoms with Gasteiger partial charge in [-0.3, -0.25) is 0 Å². The minimum atomic E-state index is 0.572. The van der Waals surface area contributed by atoms with Gasteiger partial charge in [-0.25, -0.2) is 0 Å². The lowest BCUT2D eigenvalue weighted by atomic mass is 10.2. The molecule has 0 saturated heterocycles. The van der Waals surface area contributed by atoms with Crippen molar-refractivity contribution in [3.05, 3.63) is 29.8 Å². The Labute approximate surface area is 96.8 Å². The number of halogens is 1. The molecule has 0 heterocycles. The van der Waals surface area contributed by atoms with Crippen LogP contribution in [0.5, 0.6) is 0 Å². The van der Waals surface area contributed by atoms with Gasteiger partial charge in [-0.1, -0.05) is 12.1 Å². The molecule has 0 atom stereocenters. The van der Waals surface area contributed by atoms with Gasteiger partial charge in [-0.15, -0.1) is 11.6 Å². The zero-order valence-corrected chi connectivity index (χ0v) is 10.1. The molecule has 0 bridgehead atoms. The Bertz CT molecular complexity index is 273. The van der Waals surface area contributed by atoms with E-state index in [0.717, 1.165) is 25.3 Å². The predicted octanol–water partition coefficient (Wildman–Crippen LogP) is 2.90. The third kappa shape index (κ3) is 4.10. The molecular formula is C12H18ClNO. The Kier molecular flexibility index (Phi) is 5.51. The molecule has 0 spiro atoms. The number of benzene rings is 1. The minimum Gasteiger partial charge on any atom is -0.380 e. The van der Waals surface area contributed by atoms with E-state index in [0.29, 0.717) is 5.88 Å². The van der Waals surface area contributed by atoms with E-state index in [1.807, 2.05) is 6.92 Å². The number of anilines is 1. The largest absolute Gasteiger partial charge is 0.380 e. The SMILES string of the molecule is CCOCCN(C)c1ccc(CCl)cc1. The van der Waals surface area contributed by atoms with Crippen molar-refractivity contribution in [2.75, 3.05) is 31.7 Å². The van der Waals surface area contributed by atoms with E-state index in [1.165, 1.54) is 5.69 Å². The van der Waals surface area contributed by atoms with Gasteiger partial charge < -0.3 is 9.64 Å². The molecule has 0 aliphatic rings. The summed E-state index contributed by atoms with van der Waals surface area (Å²) in [5, 5.41) is 0. The Morgan fingerprint density at radius 3 is 2.47 bits per heavy atom. The molecule has 15 heavy (non-hydrogen) atoms. The minimum absolute atomic E-state index is 0.572. The molecule has 1 rings (SSSR count). The second-order valence-corrected chi connectivity index (χ2v) is 3.69. The molecular weight excluding hydrogens is 210 g/mol. The molecule has 84 valence electrons. The van der Waals surface area contributed by atoms with Crippen LogP contribution in [0.3, 0.4) is 0 Å². The van der Waals surface area contributed by atoms with Crippen LogP contribution in [-0.2, 0) is 10.6 Å². The summed E-state index contributed by atoms with van der Waals surface area (Å²) < 4.78 is 5.31. The van der Waals surface area contributed by atoms with Gasteiger partial charge in [0.05, 0.1) is 6.61 Å². The van der Waals surface area contributed by atoms with Crippen molar-refractivity contribution in [2.24, 2.45) is 0 Å². The predicted molar refractivity (Wildman–Crippen MR) is 65.8 cm³/mol. The summed E-state index contributed by atoms with van der Waals surface area (Å²) in [6, 6.07) is 8.28. The summed E-state index contributed by atoms with van der Waals surface area (Å²) in [5.41, 5.74) is 2.35. The molecule has 0 N–H and O–H groups in total. The van der Waals surface area contributed by atoms with Crippen LogP contribution in [0.1, 0.15) is 12.5 Å². The van der Waals surface area contributed by atoms with Gasteiger partial charge in [-0.05, 0) is 24.6 Å². The highest BCUT2D eigenvalue weighted by Gasteiger charge is 2.00. The van der Waals surface area contributed by atoms with Gasteiger partial charge in [0.15, 0.2) is 0 Å². The number of ether oxygens (including phenoxy) is 1. The second kappa shape index (κ2) is 6.70. The van der Waals surface area contributed by atoms with Crippen LogP contribution in [-0.4, -0.2) is 26.8 Å². The first-order valence-corrected chi connectivity index (χ1v) is 5.75. The lowest BCUT2D eigenvalue weighted by molar-refractivity contribution is 0.154. The normalized spacial score (nSPS) is 10.3. The number of hydrogen-bond donors (Lipinski definition) is 0. The van der Waals surface area contributed by atoms with Crippen LogP contribution in [0.15, 0.2) is 24.3 Å². The number of hydrogen-bond acceptors (Lipinski definition) is 2. The van der Waals surface area contributed by atoms with Gasteiger partial charge in [0.2, 0.25) is 0 Å². The molecule has 0 amide bonds. The maximum atomic E-state index is 5.73. The summed E-state index contributed by atoms with van der Waals surface area (Å²) in [6.07, 6.45) is 0. The average molecular weight is 228 g/mol. The van der Waals surface area contributed by atoms with Crippen LogP contribution < -0.4 is 4.90 Å². The van der Waals surface area contributed by atoms with E-state index >= 15 is 0 Å². The molecule has 0 saturated carbocycles. The summed E-state index contributed by atoms with van der Waals surface area (Å²) in [7, 11) is 2.06. The molecule has 3 heteroatoms. The number of nitrogens with zero attached hydrogens (tertiary/aromatic N) is 1. The highest BCUT2D eigenvalue weighted by molar-refractivity contribution is 6.17. The van der Waals surface area contributed by atoms with Crippen molar-refractivity contribution in [1.29, 1.82) is 0 Å². The summed E-state index contributed by atoms with van der Waals surface area (Å²) in [4.78, 5) is 2.17. The Morgan fingerprint density at radius 1 is 1.27 bits per heavy atom. The van der Waals surface area contributed by atoms with Gasteiger partial charge >= 0.3 is 0 Å². The first kappa shape index (κ1) is 12.3. The fraction of sp³-hybridized carbons (Fsp3) is 0.500. The number of alkyl halides is 1. The fourth-order valence-electron chi connectivity index (χ4n) is 1.31. The Morgan fingerprint density at radius 2 is 1.93 bits per heavy atom. The molecule has 0 radical (unpaired) electrons. The summed E-state index contributed by atoms with van der Waals surface area (Å²) in [6.45, 7) is 4.46. The fourth-order valence-corrected chi connectivity index (χ4v) is 1.49. The van der Waals surface area contributed by atoms with E-state index in [1.54, 1.807) is 0 Å². The van der Waals surface area contributed by atoms with Gasteiger partial charge in [0.25, 0.3) is 0 Å². The van der Waals surface area contributed by atoms with Crippen molar-refractivity contribution in [3.8, 4) is 0 Å². The van der Waals surface area contributed by atoms with Crippen LogP contribution in [0.25, 0.3) is 0 Å². The molecule has 0 fully saturated rings. The first-order valence-electron chi connectivity index (χ1n) is 5.21. The van der Waals surface area contributed by atoms with E-state index in [9.17, 15) is 0 Å². The maximum absolute atomic E-state index is 5.73. The molecule has 2 nitrogen and oxygen atoms in total. The van der Waals surface area contributed by atoms with E-state index in [2.05, 4.69) is 36.2 Å². The van der Waals surface area contributed by atoms with E-state index < -0.39 is 0 Å². The number of rotatable bonds is 6. The molecule has 0 aliphatic heterocycles. The molecule has 1 aromatic rings. The smallest absolute Gasteiger partial charge is 0.0641 e. The van der Waals surface area contributed by atoms with Crippen LogP contribution in [0, 0.1) is 0 Å². The van der Waals surface area contributed by atoms with Crippen molar-refractivity contribution >= 4 is 17.3 Å². The lowest BCUT2D eigenvalue weighted by Crippen LogP contribution is -2.22. The lowest BCUT2D eigenvalue weighted by Gasteiger charge is -2.19. The van der Waals surface area contributed by atoms with Crippen LogP contribution >= 0.6 is 11.6 Å². The summed E-state index contributed by atoms with van der Waals surface area (Å²) >= 11 is 5.73. The monoisotopic (exact) mass is 227 g/mol. The van der Waals surface area contributed by atoms with Crippen LogP contribution in [0.4, 0.5) is 5.69 Å². The van der Waals surface area contributed by atoms with Crippen molar-refractivity contribution < 1.29 is 4.74 Å². The standard InChI is InChI=1S/C12H18ClNO/c1-3-15-9-8-14(2)12-6-4-11(10-13)5-7-12/h4-7H,3,8-10H2,1-2H3. The van der Waals surface area contributed by atoms with Gasteiger partial charge in [-0.2, -0.15) is 0 Å². The van der Waals surface area contributed by atoms with Gasteiger partial charge in [0, 0.05) is 31.8 Å². The third-order valence-corrected chi connectivity index (χ3v) is 2.62. The Hall–Kier alpha value is -0.730. The maximum Gasteiger partial charge on any atom is 0.0641 e. The molecule has 0 unspecified atom stereocenters. The van der Waals surface area contributed by atoms with Crippen molar-refractivity contribution in [3.63, 3.8) is 0 Å². The topological polar surface area (TPSA) is 12.5 Å². The highest BCUT2D eigenvalue weighted by Crippen LogP contribution is 2.14. The molecule has 0 aliphatic carbocycles. The quantitative estimate of drug-likeness (QED) is 0.547. The van der Waals surface area contributed by atoms with Crippen molar-refractivity contribution in [1.82, 2.24) is 0 Å². The van der Waals surface area contributed by atoms with Crippen molar-refractivity contribution in [2.45, 2.75) is 12.8 Å². The van der Waals surface area contributed by atoms with Crippen LogP contribution in [0.2, 0.25) is 0 Å². The molecule has 1 aromatic carbocycles. The zero-order chi connectivity index (χ0) is 11.1.